The number of aliphatic imine (C=N–C) groups is 1. The Morgan fingerprint density at radius 2 is 1.07 bits per heavy atom. The van der Waals surface area contributed by atoms with Crippen molar-refractivity contribution in [1.29, 1.82) is 0 Å². The SMILES string of the molecule is CCC(N=Cc1cc([N+](=O)[O-])cc(Br)c1O)C(O)(c1cc(C(C)(C)C)cc(C(C)(C)C)c1)c1cc(C(C)(C)C)cc(C(C)(C)C)c1. The van der Waals surface area contributed by atoms with Crippen LogP contribution in [0.5, 0.6) is 5.75 Å². The maximum atomic E-state index is 13.4. The molecule has 0 aliphatic carbocycles. The van der Waals surface area contributed by atoms with Crippen LogP contribution in [0.25, 0.3) is 0 Å². The predicted molar refractivity (Wildman–Crippen MR) is 195 cm³/mol. The highest BCUT2D eigenvalue weighted by molar-refractivity contribution is 9.10. The molecular formula is C39H53BrN2O4. The number of nitro benzene ring substituents is 1. The van der Waals surface area contributed by atoms with Crippen LogP contribution in [0.4, 0.5) is 5.69 Å². The first kappa shape index (κ1) is 37.4. The van der Waals surface area contributed by atoms with Crippen LogP contribution in [0, 0.1) is 10.1 Å². The number of hydrogen-bond donors (Lipinski definition) is 2. The van der Waals surface area contributed by atoms with E-state index < -0.39 is 16.6 Å². The summed E-state index contributed by atoms with van der Waals surface area (Å²) in [5.74, 6) is -0.151. The molecule has 6 nitrogen and oxygen atoms in total. The van der Waals surface area contributed by atoms with Gasteiger partial charge in [-0.15, -0.1) is 0 Å². The zero-order valence-corrected chi connectivity index (χ0v) is 31.5. The third-order valence-electron chi connectivity index (χ3n) is 8.76. The predicted octanol–water partition coefficient (Wildman–Crippen LogP) is 10.4. The number of aliphatic hydroxyl groups is 1. The van der Waals surface area contributed by atoms with Gasteiger partial charge < -0.3 is 10.2 Å². The molecule has 0 heterocycles. The monoisotopic (exact) mass is 692 g/mol. The molecule has 0 spiro atoms. The van der Waals surface area contributed by atoms with Gasteiger partial charge in [-0.1, -0.05) is 126 Å². The van der Waals surface area contributed by atoms with Gasteiger partial charge in [0.2, 0.25) is 0 Å². The molecule has 1 atom stereocenters. The van der Waals surface area contributed by atoms with Crippen molar-refractivity contribution in [3.8, 4) is 5.75 Å². The lowest BCUT2D eigenvalue weighted by Crippen LogP contribution is -2.41. The second-order valence-electron chi connectivity index (χ2n) is 16.7. The van der Waals surface area contributed by atoms with Crippen molar-refractivity contribution >= 4 is 27.8 Å². The number of hydrogen-bond acceptors (Lipinski definition) is 5. The van der Waals surface area contributed by atoms with E-state index in [0.717, 1.165) is 33.4 Å². The quantitative estimate of drug-likeness (QED) is 0.146. The van der Waals surface area contributed by atoms with E-state index in [0.29, 0.717) is 6.42 Å². The zero-order valence-electron chi connectivity index (χ0n) is 30.0. The summed E-state index contributed by atoms with van der Waals surface area (Å²) in [6.07, 6.45) is 1.90. The summed E-state index contributed by atoms with van der Waals surface area (Å²) in [7, 11) is 0. The molecule has 250 valence electrons. The number of aromatic hydroxyl groups is 1. The number of nitro groups is 1. The fourth-order valence-corrected chi connectivity index (χ4v) is 5.93. The maximum absolute atomic E-state index is 13.4. The lowest BCUT2D eigenvalue weighted by Gasteiger charge is -2.39. The first-order valence-corrected chi connectivity index (χ1v) is 16.8. The molecule has 0 fully saturated rings. The Morgan fingerprint density at radius 3 is 1.37 bits per heavy atom. The van der Waals surface area contributed by atoms with E-state index in [1.54, 1.807) is 0 Å². The van der Waals surface area contributed by atoms with Gasteiger partial charge in [-0.25, -0.2) is 0 Å². The van der Waals surface area contributed by atoms with Gasteiger partial charge in [0, 0.05) is 23.9 Å². The maximum Gasteiger partial charge on any atom is 0.271 e. The molecule has 46 heavy (non-hydrogen) atoms. The largest absolute Gasteiger partial charge is 0.506 e. The van der Waals surface area contributed by atoms with E-state index >= 15 is 0 Å². The van der Waals surface area contributed by atoms with Crippen molar-refractivity contribution in [1.82, 2.24) is 0 Å². The molecule has 0 bridgehead atoms. The molecule has 0 saturated heterocycles. The minimum Gasteiger partial charge on any atom is -0.506 e. The fraction of sp³-hybridized carbons (Fsp3) is 0.513. The number of non-ortho nitro benzene ring substituents is 1. The number of nitrogens with zero attached hydrogens (tertiary/aromatic N) is 2. The first-order valence-electron chi connectivity index (χ1n) is 16.1. The molecular weight excluding hydrogens is 640 g/mol. The Hall–Kier alpha value is -3.03. The van der Waals surface area contributed by atoms with Crippen molar-refractivity contribution in [2.75, 3.05) is 0 Å². The molecule has 3 aromatic carbocycles. The normalized spacial score (nSPS) is 14.2. The highest BCUT2D eigenvalue weighted by atomic mass is 79.9. The summed E-state index contributed by atoms with van der Waals surface area (Å²) in [5.41, 5.74) is 3.60. The number of phenolic OH excluding ortho intramolecular Hbond substituents is 1. The smallest absolute Gasteiger partial charge is 0.271 e. The van der Waals surface area contributed by atoms with Crippen molar-refractivity contribution in [3.05, 3.63) is 102 Å². The standard InChI is InChI=1S/C39H53BrN2O4/c1-14-33(41-23-24-15-31(42(45)46)22-32(40)34(24)43)39(44,29-18-25(35(2,3)4)16-26(19-29)36(5,6)7)30-20-27(37(8,9)10)17-28(21-30)38(11,12)13/h15-23,33,43-44H,14H2,1-13H3. The number of phenols is 1. The number of rotatable bonds is 7. The lowest BCUT2D eigenvalue weighted by molar-refractivity contribution is -0.385. The third kappa shape index (κ3) is 8.09. The summed E-state index contributed by atoms with van der Waals surface area (Å²) < 4.78 is 0.201. The molecule has 0 aromatic heterocycles. The lowest BCUT2D eigenvalue weighted by atomic mass is 9.71. The van der Waals surface area contributed by atoms with Gasteiger partial charge in [-0.2, -0.15) is 0 Å². The van der Waals surface area contributed by atoms with E-state index in [9.17, 15) is 20.3 Å². The van der Waals surface area contributed by atoms with Crippen LogP contribution in [0.1, 0.15) is 135 Å². The summed E-state index contributed by atoms with van der Waals surface area (Å²) in [6, 6.07) is 14.8. The molecule has 0 aliphatic rings. The van der Waals surface area contributed by atoms with Gasteiger partial charge >= 0.3 is 0 Å². The minimum absolute atomic E-state index is 0.151. The molecule has 0 radical (unpaired) electrons. The Bertz CT molecular complexity index is 1490. The second-order valence-corrected chi connectivity index (χ2v) is 17.5. The third-order valence-corrected chi connectivity index (χ3v) is 9.37. The van der Waals surface area contributed by atoms with Crippen LogP contribution in [-0.4, -0.2) is 27.4 Å². The number of benzene rings is 3. The Kier molecular flexibility index (Phi) is 10.5. The van der Waals surface area contributed by atoms with Crippen LogP contribution in [0.3, 0.4) is 0 Å². The van der Waals surface area contributed by atoms with Gasteiger partial charge in [0.1, 0.15) is 11.4 Å². The highest BCUT2D eigenvalue weighted by Gasteiger charge is 2.42. The minimum atomic E-state index is -1.58. The van der Waals surface area contributed by atoms with Gasteiger partial charge in [0.25, 0.3) is 5.69 Å². The summed E-state index contributed by atoms with van der Waals surface area (Å²) in [6.45, 7) is 28.1. The van der Waals surface area contributed by atoms with Gasteiger partial charge in [0.05, 0.1) is 15.4 Å². The second kappa shape index (κ2) is 12.9. The molecule has 0 amide bonds. The van der Waals surface area contributed by atoms with Crippen LogP contribution in [0.2, 0.25) is 0 Å². The van der Waals surface area contributed by atoms with Gasteiger partial charge in [-0.3, -0.25) is 15.1 Å². The van der Waals surface area contributed by atoms with Gasteiger partial charge in [-0.05, 0) is 77.4 Å². The van der Waals surface area contributed by atoms with E-state index in [1.807, 2.05) is 6.92 Å². The van der Waals surface area contributed by atoms with Crippen LogP contribution < -0.4 is 0 Å². The molecule has 3 rings (SSSR count). The van der Waals surface area contributed by atoms with Crippen molar-refractivity contribution in [2.45, 2.75) is 130 Å². The first-order chi connectivity index (χ1) is 20.8. The average Bonchev–Trinajstić information content (AvgIpc) is 2.92. The van der Waals surface area contributed by atoms with Crippen LogP contribution >= 0.6 is 15.9 Å². The van der Waals surface area contributed by atoms with E-state index in [1.165, 1.54) is 18.3 Å². The Labute approximate surface area is 284 Å². The molecule has 3 aromatic rings. The Balaban J connectivity index is 2.50. The van der Waals surface area contributed by atoms with Crippen molar-refractivity contribution in [2.24, 2.45) is 4.99 Å². The van der Waals surface area contributed by atoms with E-state index in [4.69, 9.17) is 4.99 Å². The summed E-state index contributed by atoms with van der Waals surface area (Å²) in [4.78, 5) is 16.0. The van der Waals surface area contributed by atoms with Crippen LogP contribution in [-0.2, 0) is 27.3 Å². The molecule has 7 heteroatoms. The van der Waals surface area contributed by atoms with Gasteiger partial charge in [0.15, 0.2) is 0 Å². The van der Waals surface area contributed by atoms with Crippen molar-refractivity contribution < 1.29 is 15.1 Å². The topological polar surface area (TPSA) is 96.0 Å². The number of halogens is 1. The fourth-order valence-electron chi connectivity index (χ4n) is 5.47. The Morgan fingerprint density at radius 1 is 0.717 bits per heavy atom. The van der Waals surface area contributed by atoms with E-state index in [2.05, 4.69) is 135 Å². The molecule has 0 aliphatic heterocycles. The zero-order chi connectivity index (χ0) is 35.2. The van der Waals surface area contributed by atoms with Crippen molar-refractivity contribution in [3.63, 3.8) is 0 Å². The molecule has 0 saturated carbocycles. The molecule has 2 N–H and O–H groups in total. The summed E-state index contributed by atoms with van der Waals surface area (Å²) in [5, 5.41) is 35.8. The average molecular weight is 694 g/mol. The molecule has 1 unspecified atom stereocenters. The van der Waals surface area contributed by atoms with Crippen LogP contribution in [0.15, 0.2) is 58.0 Å². The highest BCUT2D eigenvalue weighted by Crippen LogP contribution is 2.43. The summed E-state index contributed by atoms with van der Waals surface area (Å²) >= 11 is 3.24. The van der Waals surface area contributed by atoms with E-state index in [-0.39, 0.29) is 43.1 Å².